The summed E-state index contributed by atoms with van der Waals surface area (Å²) in [5, 5.41) is 12.9. The molecule has 0 aromatic carbocycles. The van der Waals surface area contributed by atoms with Gasteiger partial charge in [0.05, 0.1) is 6.20 Å². The third kappa shape index (κ3) is 2.77. The molecule has 0 saturated carbocycles. The molecular weight excluding hydrogens is 365 g/mol. The van der Waals surface area contributed by atoms with Crippen LogP contribution in [-0.2, 0) is 6.42 Å². The van der Waals surface area contributed by atoms with Gasteiger partial charge in [-0.25, -0.2) is 4.39 Å². The molecule has 28 heavy (non-hydrogen) atoms. The Kier molecular flexibility index (Phi) is 4.26. The zero-order valence-electron chi connectivity index (χ0n) is 15.3. The summed E-state index contributed by atoms with van der Waals surface area (Å²) in [5.74, 6) is -0.512. The standard InChI is InChI=1S/C20H18FN3O4/c1-10-9-24-16-15(17(25)14(20(24)27)19(26)22-2)23-8-12(18(16)28-10)7-11-3-5-13(21)6-4-11/h3,5-6,8-9,11,25H,4,7H2,1-2H3,(H,22,26). The highest BCUT2D eigenvalue weighted by atomic mass is 19.1. The molecule has 0 spiro atoms. The van der Waals surface area contributed by atoms with Gasteiger partial charge in [0, 0.05) is 18.8 Å². The van der Waals surface area contributed by atoms with Crippen LogP contribution >= 0.6 is 0 Å². The Bertz CT molecular complexity index is 1160. The normalized spacial score (nSPS) is 17.8. The van der Waals surface area contributed by atoms with Gasteiger partial charge in [0.25, 0.3) is 11.5 Å². The first-order valence-electron chi connectivity index (χ1n) is 8.82. The molecule has 8 heteroatoms. The summed E-state index contributed by atoms with van der Waals surface area (Å²) in [6, 6.07) is 0. The summed E-state index contributed by atoms with van der Waals surface area (Å²) in [6.07, 6.45) is 8.83. The lowest BCUT2D eigenvalue weighted by molar-refractivity contribution is 0.0959. The number of nitrogens with one attached hydrogen (secondary N) is 1. The number of carbonyl (C=O) groups is 1. The fourth-order valence-corrected chi connectivity index (χ4v) is 3.51. The van der Waals surface area contributed by atoms with Crippen molar-refractivity contribution < 1.29 is 19.0 Å². The van der Waals surface area contributed by atoms with Crippen molar-refractivity contribution in [3.63, 3.8) is 0 Å². The second-order valence-corrected chi connectivity index (χ2v) is 6.78. The van der Waals surface area contributed by atoms with Crippen molar-refractivity contribution in [3.8, 4) is 11.5 Å². The molecule has 1 unspecified atom stereocenters. The van der Waals surface area contributed by atoms with Gasteiger partial charge in [-0.1, -0.05) is 6.08 Å². The molecule has 144 valence electrons. The van der Waals surface area contributed by atoms with Crippen molar-refractivity contribution in [2.45, 2.75) is 19.8 Å². The van der Waals surface area contributed by atoms with Crippen molar-refractivity contribution in [2.24, 2.45) is 5.92 Å². The number of allylic oxidation sites excluding steroid dienone is 5. The summed E-state index contributed by atoms with van der Waals surface area (Å²) < 4.78 is 20.4. The molecule has 2 aromatic rings. The highest BCUT2D eigenvalue weighted by Gasteiger charge is 2.28. The topological polar surface area (TPSA) is 93.5 Å². The van der Waals surface area contributed by atoms with Gasteiger partial charge in [0.1, 0.15) is 28.2 Å². The number of halogens is 1. The largest absolute Gasteiger partial charge is 0.505 e. The molecule has 2 aliphatic rings. The Morgan fingerprint density at radius 1 is 1.50 bits per heavy atom. The molecule has 4 rings (SSSR count). The van der Waals surface area contributed by atoms with Gasteiger partial charge in [0.15, 0.2) is 11.5 Å². The minimum atomic E-state index is -0.695. The van der Waals surface area contributed by atoms with E-state index in [0.717, 1.165) is 5.56 Å². The van der Waals surface area contributed by atoms with Crippen molar-refractivity contribution in [1.82, 2.24) is 14.9 Å². The van der Waals surface area contributed by atoms with E-state index in [0.29, 0.717) is 29.9 Å². The first kappa shape index (κ1) is 18.0. The number of nitrogens with zero attached hydrogens (tertiary/aromatic N) is 2. The molecular formula is C20H18FN3O4. The number of amides is 1. The van der Waals surface area contributed by atoms with E-state index < -0.39 is 17.2 Å². The van der Waals surface area contributed by atoms with Crippen molar-refractivity contribution >= 4 is 23.1 Å². The molecule has 7 nitrogen and oxygen atoms in total. The average Bonchev–Trinajstić information content (AvgIpc) is 2.68. The van der Waals surface area contributed by atoms with E-state index in [1.165, 1.54) is 30.0 Å². The Morgan fingerprint density at radius 3 is 2.96 bits per heavy atom. The molecule has 1 aliphatic heterocycles. The third-order valence-corrected chi connectivity index (χ3v) is 4.87. The number of ether oxygens (including phenoxy) is 1. The summed E-state index contributed by atoms with van der Waals surface area (Å²) >= 11 is 0. The zero-order valence-corrected chi connectivity index (χ0v) is 15.3. The minimum absolute atomic E-state index is 0.0590. The molecule has 0 fully saturated rings. The van der Waals surface area contributed by atoms with E-state index in [2.05, 4.69) is 10.3 Å². The third-order valence-electron chi connectivity index (χ3n) is 4.87. The van der Waals surface area contributed by atoms with Crippen LogP contribution in [0.2, 0.25) is 0 Å². The molecule has 2 N–H and O–H groups in total. The first-order chi connectivity index (χ1) is 13.4. The Morgan fingerprint density at radius 2 is 2.29 bits per heavy atom. The summed E-state index contributed by atoms with van der Waals surface area (Å²) in [4.78, 5) is 29.3. The number of pyridine rings is 2. The summed E-state index contributed by atoms with van der Waals surface area (Å²) in [7, 11) is 1.38. The highest BCUT2D eigenvalue weighted by Crippen LogP contribution is 2.38. The fourth-order valence-electron chi connectivity index (χ4n) is 3.51. The summed E-state index contributed by atoms with van der Waals surface area (Å²) in [5.41, 5.74) is 0.105. The van der Waals surface area contributed by atoms with Gasteiger partial charge >= 0.3 is 0 Å². The fraction of sp³-hybridized carbons (Fsp3) is 0.250. The van der Waals surface area contributed by atoms with Crippen molar-refractivity contribution in [3.05, 3.63) is 57.5 Å². The van der Waals surface area contributed by atoms with E-state index in [-0.39, 0.29) is 22.8 Å². The van der Waals surface area contributed by atoms with Gasteiger partial charge in [-0.05, 0) is 37.8 Å². The summed E-state index contributed by atoms with van der Waals surface area (Å²) in [6.45, 7) is 1.69. The van der Waals surface area contributed by atoms with E-state index in [4.69, 9.17) is 4.74 Å². The van der Waals surface area contributed by atoms with Crippen LogP contribution in [0, 0.1) is 5.92 Å². The predicted molar refractivity (Wildman–Crippen MR) is 102 cm³/mol. The van der Waals surface area contributed by atoms with Crippen LogP contribution in [0.1, 0.15) is 29.3 Å². The van der Waals surface area contributed by atoms with Crippen LogP contribution in [-0.4, -0.2) is 27.6 Å². The number of aromatic hydroxyl groups is 1. The number of carbonyl (C=O) groups excluding carboxylic acids is 1. The van der Waals surface area contributed by atoms with E-state index >= 15 is 0 Å². The Labute approximate surface area is 159 Å². The maximum atomic E-state index is 13.2. The molecule has 2 aromatic heterocycles. The van der Waals surface area contributed by atoms with E-state index in [9.17, 15) is 19.1 Å². The smallest absolute Gasteiger partial charge is 0.272 e. The van der Waals surface area contributed by atoms with Crippen LogP contribution in [0.15, 0.2) is 40.8 Å². The molecule has 0 bridgehead atoms. The quantitative estimate of drug-likeness (QED) is 0.850. The molecule has 1 aliphatic carbocycles. The van der Waals surface area contributed by atoms with Gasteiger partial charge in [-0.3, -0.25) is 19.1 Å². The van der Waals surface area contributed by atoms with Gasteiger partial charge < -0.3 is 15.2 Å². The lowest BCUT2D eigenvalue weighted by atomic mass is 9.92. The van der Waals surface area contributed by atoms with Gasteiger partial charge in [0.2, 0.25) is 0 Å². The molecule has 0 radical (unpaired) electrons. The maximum absolute atomic E-state index is 13.2. The van der Waals surface area contributed by atoms with Gasteiger partial charge in [-0.15, -0.1) is 0 Å². The van der Waals surface area contributed by atoms with E-state index in [1.54, 1.807) is 19.2 Å². The van der Waals surface area contributed by atoms with Crippen LogP contribution in [0.25, 0.3) is 17.2 Å². The highest BCUT2D eigenvalue weighted by molar-refractivity contribution is 6.03. The predicted octanol–water partition coefficient (Wildman–Crippen LogP) is 2.64. The monoisotopic (exact) mass is 383 g/mol. The van der Waals surface area contributed by atoms with E-state index in [1.807, 2.05) is 0 Å². The number of hydrogen-bond donors (Lipinski definition) is 2. The number of aromatic nitrogens is 2. The van der Waals surface area contributed by atoms with Crippen molar-refractivity contribution in [1.29, 1.82) is 0 Å². The Balaban J connectivity index is 1.91. The lowest BCUT2D eigenvalue weighted by Gasteiger charge is -2.23. The molecule has 1 amide bonds. The SMILES string of the molecule is CNC(=O)c1c(O)c2ncc(CC3C=CC(F)=CC3)c3c2n(c1=O)C=C(C)O3. The minimum Gasteiger partial charge on any atom is -0.505 e. The average molecular weight is 383 g/mol. The van der Waals surface area contributed by atoms with Crippen LogP contribution in [0.5, 0.6) is 11.5 Å². The Hall–Kier alpha value is -3.42. The molecule has 1 atom stereocenters. The molecule has 3 heterocycles. The second-order valence-electron chi connectivity index (χ2n) is 6.78. The van der Waals surface area contributed by atoms with Crippen LogP contribution < -0.4 is 15.6 Å². The van der Waals surface area contributed by atoms with Crippen molar-refractivity contribution in [2.75, 3.05) is 7.05 Å². The maximum Gasteiger partial charge on any atom is 0.272 e. The zero-order chi connectivity index (χ0) is 20.0. The van der Waals surface area contributed by atoms with Gasteiger partial charge in [-0.2, -0.15) is 0 Å². The number of hydrogen-bond acceptors (Lipinski definition) is 5. The molecule has 0 saturated heterocycles. The lowest BCUT2D eigenvalue weighted by Crippen LogP contribution is -2.31. The first-order valence-corrected chi connectivity index (χ1v) is 8.82. The van der Waals surface area contributed by atoms with Crippen LogP contribution in [0.4, 0.5) is 4.39 Å². The second kappa shape index (κ2) is 6.63. The van der Waals surface area contributed by atoms with Crippen LogP contribution in [0.3, 0.4) is 0 Å². The number of rotatable bonds is 3.